The molecule has 0 bridgehead atoms. The molecule has 1 aliphatic rings. The van der Waals surface area contributed by atoms with Crippen LogP contribution in [0.25, 0.3) is 0 Å². The molecular weight excluding hydrogens is 236 g/mol. The van der Waals surface area contributed by atoms with Gasteiger partial charge in [-0.2, -0.15) is 0 Å². The Hall–Kier alpha value is -1.06. The molecule has 1 aromatic rings. The van der Waals surface area contributed by atoms with Gasteiger partial charge in [-0.15, -0.1) is 0 Å². The molecule has 0 saturated carbocycles. The molecule has 3 nitrogen and oxygen atoms in total. The number of nitrogens with two attached hydrogens (primary N) is 1. The molecule has 1 heterocycles. The number of primary amides is 1. The summed E-state index contributed by atoms with van der Waals surface area (Å²) < 4.78 is 0. The maximum atomic E-state index is 11.8. The van der Waals surface area contributed by atoms with Gasteiger partial charge in [0.05, 0.1) is 5.41 Å². The first-order valence-corrected chi connectivity index (χ1v) is 6.17. The summed E-state index contributed by atoms with van der Waals surface area (Å²) in [5.41, 5.74) is 6.10. The van der Waals surface area contributed by atoms with Crippen LogP contribution in [0, 0.1) is 0 Å². The van der Waals surface area contributed by atoms with Gasteiger partial charge in [0.25, 0.3) is 0 Å². The molecule has 92 valence electrons. The molecule has 1 fully saturated rings. The fraction of sp³-hybridized carbons (Fsp3) is 0.462. The van der Waals surface area contributed by atoms with E-state index in [0.717, 1.165) is 31.5 Å². The molecule has 1 saturated heterocycles. The van der Waals surface area contributed by atoms with Gasteiger partial charge in [0.1, 0.15) is 0 Å². The largest absolute Gasteiger partial charge is 0.369 e. The maximum absolute atomic E-state index is 11.8. The van der Waals surface area contributed by atoms with Crippen LogP contribution >= 0.6 is 11.6 Å². The Morgan fingerprint density at radius 3 is 2.29 bits per heavy atom. The van der Waals surface area contributed by atoms with Crippen LogP contribution in [0.15, 0.2) is 24.3 Å². The van der Waals surface area contributed by atoms with Crippen LogP contribution in [0.2, 0.25) is 5.02 Å². The number of amides is 1. The Morgan fingerprint density at radius 2 is 1.82 bits per heavy atom. The molecule has 1 aromatic carbocycles. The standard InChI is InChI=1S/C13H17ClN2O/c1-16-8-6-13(7-9-16,12(15)17)10-2-4-11(14)5-3-10/h2-5H,6-9H2,1H3,(H2,15,17). The summed E-state index contributed by atoms with van der Waals surface area (Å²) in [4.78, 5) is 14.1. The van der Waals surface area contributed by atoms with E-state index < -0.39 is 5.41 Å². The van der Waals surface area contributed by atoms with Crippen LogP contribution < -0.4 is 5.73 Å². The highest BCUT2D eigenvalue weighted by molar-refractivity contribution is 6.30. The van der Waals surface area contributed by atoms with Gasteiger partial charge in [-0.05, 0) is 50.7 Å². The summed E-state index contributed by atoms with van der Waals surface area (Å²) in [5.74, 6) is -0.229. The van der Waals surface area contributed by atoms with Gasteiger partial charge in [-0.3, -0.25) is 4.79 Å². The average molecular weight is 253 g/mol. The summed E-state index contributed by atoms with van der Waals surface area (Å²) >= 11 is 5.87. The van der Waals surface area contributed by atoms with Crippen molar-refractivity contribution in [3.8, 4) is 0 Å². The van der Waals surface area contributed by atoms with Gasteiger partial charge in [-0.25, -0.2) is 0 Å². The van der Waals surface area contributed by atoms with E-state index in [1.54, 1.807) is 0 Å². The number of rotatable bonds is 2. The SMILES string of the molecule is CN1CCC(C(N)=O)(c2ccc(Cl)cc2)CC1. The molecule has 17 heavy (non-hydrogen) atoms. The zero-order valence-corrected chi connectivity index (χ0v) is 10.7. The summed E-state index contributed by atoms with van der Waals surface area (Å²) in [6.07, 6.45) is 1.56. The van der Waals surface area contributed by atoms with Crippen LogP contribution in [-0.4, -0.2) is 30.9 Å². The van der Waals surface area contributed by atoms with E-state index in [1.165, 1.54) is 0 Å². The molecule has 1 aliphatic heterocycles. The molecule has 0 aliphatic carbocycles. The fourth-order valence-corrected chi connectivity index (χ4v) is 2.57. The number of nitrogens with zero attached hydrogens (tertiary/aromatic N) is 1. The summed E-state index contributed by atoms with van der Waals surface area (Å²) in [6.45, 7) is 1.79. The molecule has 0 atom stereocenters. The lowest BCUT2D eigenvalue weighted by molar-refractivity contribution is -0.125. The van der Waals surface area contributed by atoms with Crippen LogP contribution in [0.4, 0.5) is 0 Å². The van der Waals surface area contributed by atoms with Crippen molar-refractivity contribution in [3.63, 3.8) is 0 Å². The van der Waals surface area contributed by atoms with Crippen molar-refractivity contribution in [2.45, 2.75) is 18.3 Å². The molecule has 2 N–H and O–H groups in total. The fourth-order valence-electron chi connectivity index (χ4n) is 2.45. The van der Waals surface area contributed by atoms with E-state index in [9.17, 15) is 4.79 Å². The molecule has 1 amide bonds. The number of carbonyl (C=O) groups excluding carboxylic acids is 1. The minimum atomic E-state index is -0.517. The highest BCUT2D eigenvalue weighted by Gasteiger charge is 2.40. The van der Waals surface area contributed by atoms with Gasteiger partial charge in [0.2, 0.25) is 5.91 Å². The normalized spacial score (nSPS) is 20.1. The van der Waals surface area contributed by atoms with Crippen LogP contribution in [-0.2, 0) is 10.2 Å². The number of hydrogen-bond donors (Lipinski definition) is 1. The Bertz CT molecular complexity index is 408. The summed E-state index contributed by atoms with van der Waals surface area (Å²) in [7, 11) is 2.06. The van der Waals surface area contributed by atoms with E-state index in [1.807, 2.05) is 24.3 Å². The van der Waals surface area contributed by atoms with Crippen molar-refractivity contribution in [3.05, 3.63) is 34.9 Å². The monoisotopic (exact) mass is 252 g/mol. The van der Waals surface area contributed by atoms with Crippen molar-refractivity contribution in [1.82, 2.24) is 4.90 Å². The molecule has 0 unspecified atom stereocenters. The Balaban J connectivity index is 2.35. The molecule has 0 aromatic heterocycles. The molecule has 4 heteroatoms. The molecular formula is C13H17ClN2O. The number of likely N-dealkylation sites (tertiary alicyclic amines) is 1. The Kier molecular flexibility index (Phi) is 3.40. The van der Waals surface area contributed by atoms with Gasteiger partial charge in [0.15, 0.2) is 0 Å². The van der Waals surface area contributed by atoms with Gasteiger partial charge >= 0.3 is 0 Å². The Labute approximate surface area is 107 Å². The number of piperidine rings is 1. The third kappa shape index (κ3) is 2.31. The minimum Gasteiger partial charge on any atom is -0.369 e. The number of benzene rings is 1. The van der Waals surface area contributed by atoms with Crippen molar-refractivity contribution in [1.29, 1.82) is 0 Å². The van der Waals surface area contributed by atoms with Gasteiger partial charge in [0, 0.05) is 5.02 Å². The predicted octanol–water partition coefficient (Wildman–Crippen LogP) is 1.79. The van der Waals surface area contributed by atoms with Crippen molar-refractivity contribution in [2.75, 3.05) is 20.1 Å². The first-order valence-electron chi connectivity index (χ1n) is 5.79. The van der Waals surface area contributed by atoms with Crippen molar-refractivity contribution < 1.29 is 4.79 Å². The van der Waals surface area contributed by atoms with Gasteiger partial charge in [-0.1, -0.05) is 23.7 Å². The topological polar surface area (TPSA) is 46.3 Å². The summed E-state index contributed by atoms with van der Waals surface area (Å²) in [5, 5.41) is 0.682. The third-order valence-electron chi connectivity index (χ3n) is 3.71. The quantitative estimate of drug-likeness (QED) is 0.872. The van der Waals surface area contributed by atoms with E-state index in [2.05, 4.69) is 11.9 Å². The molecule has 0 spiro atoms. The molecule has 2 rings (SSSR count). The van der Waals surface area contributed by atoms with Crippen molar-refractivity contribution >= 4 is 17.5 Å². The lowest BCUT2D eigenvalue weighted by atomic mass is 9.72. The van der Waals surface area contributed by atoms with Gasteiger partial charge < -0.3 is 10.6 Å². The lowest BCUT2D eigenvalue weighted by Crippen LogP contribution is -2.49. The minimum absolute atomic E-state index is 0.229. The summed E-state index contributed by atoms with van der Waals surface area (Å²) in [6, 6.07) is 7.47. The lowest BCUT2D eigenvalue weighted by Gasteiger charge is -2.38. The van der Waals surface area contributed by atoms with E-state index in [-0.39, 0.29) is 5.91 Å². The van der Waals surface area contributed by atoms with Crippen molar-refractivity contribution in [2.24, 2.45) is 5.73 Å². The van der Waals surface area contributed by atoms with Crippen LogP contribution in [0.1, 0.15) is 18.4 Å². The molecule has 0 radical (unpaired) electrons. The second-order valence-electron chi connectivity index (χ2n) is 4.76. The first-order chi connectivity index (χ1) is 8.04. The second kappa shape index (κ2) is 4.67. The third-order valence-corrected chi connectivity index (χ3v) is 3.96. The number of halogens is 1. The average Bonchev–Trinajstić information content (AvgIpc) is 2.31. The van der Waals surface area contributed by atoms with E-state index in [4.69, 9.17) is 17.3 Å². The zero-order chi connectivity index (χ0) is 12.5. The highest BCUT2D eigenvalue weighted by Crippen LogP contribution is 2.35. The van der Waals surface area contributed by atoms with Crippen LogP contribution in [0.5, 0.6) is 0 Å². The second-order valence-corrected chi connectivity index (χ2v) is 5.19. The smallest absolute Gasteiger partial charge is 0.228 e. The highest BCUT2D eigenvalue weighted by atomic mass is 35.5. The zero-order valence-electron chi connectivity index (χ0n) is 9.95. The number of hydrogen-bond acceptors (Lipinski definition) is 2. The first kappa shape index (κ1) is 12.4. The number of carbonyl (C=O) groups is 1. The predicted molar refractivity (Wildman–Crippen MR) is 69.1 cm³/mol. The van der Waals surface area contributed by atoms with E-state index in [0.29, 0.717) is 5.02 Å². The Morgan fingerprint density at radius 1 is 1.29 bits per heavy atom. The maximum Gasteiger partial charge on any atom is 0.228 e. The van der Waals surface area contributed by atoms with E-state index >= 15 is 0 Å². The van der Waals surface area contributed by atoms with Crippen LogP contribution in [0.3, 0.4) is 0 Å².